The Morgan fingerprint density at radius 1 is 1.39 bits per heavy atom. The molecule has 2 fully saturated rings. The number of hydrogen-bond donors (Lipinski definition) is 1. The first-order valence-electron chi connectivity index (χ1n) is 7.18. The van der Waals surface area contributed by atoms with Gasteiger partial charge < -0.3 is 10.2 Å². The maximum absolute atomic E-state index is 12.7. The Labute approximate surface area is 117 Å². The minimum absolute atomic E-state index is 0. The molecule has 1 aliphatic carbocycles. The molecule has 2 aliphatic rings. The number of amides is 1. The smallest absolute Gasteiger partial charge is 0.228 e. The highest BCUT2D eigenvalue weighted by atomic mass is 35.5. The average Bonchev–Trinajstić information content (AvgIpc) is 2.33. The van der Waals surface area contributed by atoms with Crippen LogP contribution in [0.2, 0.25) is 0 Å². The van der Waals surface area contributed by atoms with Crippen LogP contribution in [0.1, 0.15) is 51.9 Å². The van der Waals surface area contributed by atoms with Crippen molar-refractivity contribution >= 4 is 18.3 Å². The number of likely N-dealkylation sites (N-methyl/N-ethyl adjacent to an activating group) is 1. The molecule has 106 valence electrons. The minimum atomic E-state index is 0. The van der Waals surface area contributed by atoms with Crippen molar-refractivity contribution in [3.63, 3.8) is 0 Å². The monoisotopic (exact) mass is 274 g/mol. The third-order valence-corrected chi connectivity index (χ3v) is 4.61. The molecule has 1 aliphatic heterocycles. The molecule has 1 N–H and O–H groups in total. The number of carbonyl (C=O) groups is 1. The Hall–Kier alpha value is -0.280. The second-order valence-corrected chi connectivity index (χ2v) is 5.76. The minimum Gasteiger partial charge on any atom is -0.341 e. The van der Waals surface area contributed by atoms with Crippen LogP contribution >= 0.6 is 12.4 Å². The fraction of sp³-hybridized carbons (Fsp3) is 0.929. The van der Waals surface area contributed by atoms with Gasteiger partial charge in [0.25, 0.3) is 0 Å². The molecule has 1 saturated carbocycles. The van der Waals surface area contributed by atoms with Crippen LogP contribution < -0.4 is 5.32 Å². The molecule has 0 aromatic carbocycles. The molecule has 0 radical (unpaired) electrons. The number of nitrogens with one attached hydrogen (secondary N) is 1. The highest BCUT2D eigenvalue weighted by Crippen LogP contribution is 2.46. The lowest BCUT2D eigenvalue weighted by molar-refractivity contribution is -0.149. The third-order valence-electron chi connectivity index (χ3n) is 4.61. The molecule has 0 aromatic rings. The zero-order valence-electron chi connectivity index (χ0n) is 11.7. The van der Waals surface area contributed by atoms with Gasteiger partial charge in [0, 0.05) is 24.5 Å². The normalized spacial score (nSPS) is 26.1. The van der Waals surface area contributed by atoms with Gasteiger partial charge in [-0.25, -0.2) is 0 Å². The lowest BCUT2D eigenvalue weighted by Crippen LogP contribution is -2.54. The van der Waals surface area contributed by atoms with E-state index in [2.05, 4.69) is 17.1 Å². The van der Waals surface area contributed by atoms with E-state index < -0.39 is 0 Å². The average molecular weight is 275 g/mol. The summed E-state index contributed by atoms with van der Waals surface area (Å²) in [6, 6.07) is 0.506. The maximum Gasteiger partial charge on any atom is 0.228 e. The predicted molar refractivity (Wildman–Crippen MR) is 77.1 cm³/mol. The Morgan fingerprint density at radius 3 is 2.61 bits per heavy atom. The topological polar surface area (TPSA) is 32.3 Å². The van der Waals surface area contributed by atoms with Crippen molar-refractivity contribution in [3.8, 4) is 0 Å². The van der Waals surface area contributed by atoms with E-state index in [0.29, 0.717) is 11.9 Å². The molecule has 1 saturated heterocycles. The summed E-state index contributed by atoms with van der Waals surface area (Å²) in [4.78, 5) is 14.8. The van der Waals surface area contributed by atoms with Crippen LogP contribution in [0.25, 0.3) is 0 Å². The molecular formula is C14H27ClN2O. The number of carbonyl (C=O) groups excluding carboxylic acids is 1. The summed E-state index contributed by atoms with van der Waals surface area (Å²) >= 11 is 0. The summed E-state index contributed by atoms with van der Waals surface area (Å²) in [6.45, 7) is 4.09. The predicted octanol–water partition coefficient (Wildman–Crippen LogP) is 2.59. The van der Waals surface area contributed by atoms with E-state index in [0.717, 1.165) is 45.2 Å². The van der Waals surface area contributed by atoms with Gasteiger partial charge in [-0.1, -0.05) is 19.8 Å². The molecule has 1 amide bonds. The van der Waals surface area contributed by atoms with Crippen LogP contribution in [0.5, 0.6) is 0 Å². The van der Waals surface area contributed by atoms with Gasteiger partial charge in [0.05, 0.1) is 0 Å². The highest BCUT2D eigenvalue weighted by molar-refractivity contribution is 5.85. The summed E-state index contributed by atoms with van der Waals surface area (Å²) in [5.41, 5.74) is 0.0321. The first-order chi connectivity index (χ1) is 8.22. The van der Waals surface area contributed by atoms with Gasteiger partial charge in [-0.15, -0.1) is 12.4 Å². The summed E-state index contributed by atoms with van der Waals surface area (Å²) in [5, 5.41) is 3.31. The molecule has 4 heteroatoms. The van der Waals surface area contributed by atoms with Crippen molar-refractivity contribution in [2.45, 2.75) is 57.9 Å². The number of halogens is 1. The number of piperidine rings is 1. The summed E-state index contributed by atoms with van der Waals surface area (Å²) in [5.74, 6) is 0.450. The Morgan fingerprint density at radius 2 is 2.11 bits per heavy atom. The number of hydrogen-bond acceptors (Lipinski definition) is 2. The summed E-state index contributed by atoms with van der Waals surface area (Å²) in [6.07, 6.45) is 8.08. The Balaban J connectivity index is 0.00000162. The summed E-state index contributed by atoms with van der Waals surface area (Å²) < 4.78 is 0. The molecule has 1 heterocycles. The fourth-order valence-corrected chi connectivity index (χ4v) is 3.39. The lowest BCUT2D eigenvalue weighted by atomic mass is 9.65. The second-order valence-electron chi connectivity index (χ2n) is 5.76. The number of nitrogens with zero attached hydrogens (tertiary/aromatic N) is 1. The second kappa shape index (κ2) is 6.76. The molecule has 0 aromatic heterocycles. The standard InChI is InChI=1S/C14H26N2O.ClH/c1-3-7-14(8-5-9-14)13(17)16-10-4-6-12(11-16)15-2;/h12,15H,3-11H2,1-2H3;1H. The van der Waals surface area contributed by atoms with Gasteiger partial charge in [0.1, 0.15) is 0 Å². The largest absolute Gasteiger partial charge is 0.341 e. The van der Waals surface area contributed by atoms with Crippen LogP contribution in [0, 0.1) is 5.41 Å². The van der Waals surface area contributed by atoms with Gasteiger partial charge >= 0.3 is 0 Å². The van der Waals surface area contributed by atoms with E-state index in [1.54, 1.807) is 0 Å². The van der Waals surface area contributed by atoms with Crippen molar-refractivity contribution < 1.29 is 4.79 Å². The quantitative estimate of drug-likeness (QED) is 0.855. The molecular weight excluding hydrogens is 248 g/mol. The van der Waals surface area contributed by atoms with Crippen LogP contribution in [0.3, 0.4) is 0 Å². The van der Waals surface area contributed by atoms with Crippen molar-refractivity contribution in [3.05, 3.63) is 0 Å². The summed E-state index contributed by atoms with van der Waals surface area (Å²) in [7, 11) is 2.00. The van der Waals surface area contributed by atoms with Crippen molar-refractivity contribution in [2.24, 2.45) is 5.41 Å². The Bertz CT molecular complexity index is 279. The first kappa shape index (κ1) is 15.8. The number of likely N-dealkylation sites (tertiary alicyclic amines) is 1. The van der Waals surface area contributed by atoms with Crippen LogP contribution in [-0.2, 0) is 4.79 Å². The lowest BCUT2D eigenvalue weighted by Gasteiger charge is -2.45. The molecule has 1 unspecified atom stereocenters. The molecule has 3 nitrogen and oxygen atoms in total. The van der Waals surface area contributed by atoms with Gasteiger partial charge in [-0.2, -0.15) is 0 Å². The van der Waals surface area contributed by atoms with E-state index in [1.807, 2.05) is 7.05 Å². The van der Waals surface area contributed by atoms with Gasteiger partial charge in [0.2, 0.25) is 5.91 Å². The third kappa shape index (κ3) is 3.00. The van der Waals surface area contributed by atoms with Crippen molar-refractivity contribution in [1.29, 1.82) is 0 Å². The van der Waals surface area contributed by atoms with E-state index >= 15 is 0 Å². The van der Waals surface area contributed by atoms with E-state index in [9.17, 15) is 4.79 Å². The highest BCUT2D eigenvalue weighted by Gasteiger charge is 2.45. The van der Waals surface area contributed by atoms with Crippen LogP contribution in [-0.4, -0.2) is 37.0 Å². The molecule has 0 spiro atoms. The zero-order valence-corrected chi connectivity index (χ0v) is 12.5. The SMILES string of the molecule is CCCC1(C(=O)N2CCCC(NC)C2)CCC1.Cl. The fourth-order valence-electron chi connectivity index (χ4n) is 3.39. The molecule has 2 rings (SSSR count). The van der Waals surface area contributed by atoms with Gasteiger partial charge in [-0.3, -0.25) is 4.79 Å². The molecule has 1 atom stereocenters. The van der Waals surface area contributed by atoms with Crippen LogP contribution in [0.4, 0.5) is 0 Å². The number of rotatable bonds is 4. The van der Waals surface area contributed by atoms with Gasteiger partial charge in [-0.05, 0) is 39.2 Å². The van der Waals surface area contributed by atoms with Gasteiger partial charge in [0.15, 0.2) is 0 Å². The zero-order chi connectivity index (χ0) is 12.3. The first-order valence-corrected chi connectivity index (χ1v) is 7.18. The van der Waals surface area contributed by atoms with Crippen LogP contribution in [0.15, 0.2) is 0 Å². The Kier molecular flexibility index (Phi) is 5.93. The van der Waals surface area contributed by atoms with Crippen molar-refractivity contribution in [2.75, 3.05) is 20.1 Å². The maximum atomic E-state index is 12.7. The molecule has 0 bridgehead atoms. The van der Waals surface area contributed by atoms with E-state index in [1.165, 1.54) is 12.8 Å². The van der Waals surface area contributed by atoms with Crippen molar-refractivity contribution in [1.82, 2.24) is 10.2 Å². The molecule has 18 heavy (non-hydrogen) atoms. The van der Waals surface area contributed by atoms with E-state index in [-0.39, 0.29) is 17.8 Å². The van der Waals surface area contributed by atoms with E-state index in [4.69, 9.17) is 0 Å².